The van der Waals surface area contributed by atoms with Crippen LogP contribution in [-0.4, -0.2) is 38.8 Å². The molecule has 0 atom stereocenters. The number of rotatable bonds is 8. The molecule has 1 amide bonds. The van der Waals surface area contributed by atoms with Crippen LogP contribution in [0.2, 0.25) is 0 Å². The number of thiazole rings is 1. The van der Waals surface area contributed by atoms with Gasteiger partial charge in [0, 0.05) is 11.4 Å². The summed E-state index contributed by atoms with van der Waals surface area (Å²) in [5.74, 6) is -0.216. The fraction of sp³-hybridized carbons (Fsp3) is 0.368. The van der Waals surface area contributed by atoms with Crippen LogP contribution in [0.15, 0.2) is 29.4 Å². The standard InChI is InChI=1S/C19H22N4O3S2/c1-4-23-14-9-7-6-8-13(14)21-19(23)27-11-16(24)22-18-20-12(3)15(28-18)10-17(25)26-5-2/h6-9H,4-5,10-11H2,1-3H3,(H,20,22,24). The minimum Gasteiger partial charge on any atom is -0.466 e. The number of hydrogen-bond acceptors (Lipinski definition) is 7. The van der Waals surface area contributed by atoms with E-state index in [2.05, 4.69) is 26.8 Å². The third kappa shape index (κ3) is 4.71. The van der Waals surface area contributed by atoms with Crippen LogP contribution in [0.5, 0.6) is 0 Å². The Balaban J connectivity index is 1.61. The van der Waals surface area contributed by atoms with Gasteiger partial charge in [0.1, 0.15) is 0 Å². The zero-order valence-corrected chi connectivity index (χ0v) is 17.7. The first-order chi connectivity index (χ1) is 13.5. The summed E-state index contributed by atoms with van der Waals surface area (Å²) < 4.78 is 7.06. The molecule has 0 unspecified atom stereocenters. The lowest BCUT2D eigenvalue weighted by Crippen LogP contribution is -2.14. The van der Waals surface area contributed by atoms with Gasteiger partial charge >= 0.3 is 5.97 Å². The van der Waals surface area contributed by atoms with Gasteiger partial charge in [0.25, 0.3) is 0 Å². The predicted octanol–water partition coefficient (Wildman–Crippen LogP) is 3.66. The van der Waals surface area contributed by atoms with Gasteiger partial charge in [-0.05, 0) is 32.9 Å². The van der Waals surface area contributed by atoms with E-state index in [-0.39, 0.29) is 24.1 Å². The maximum absolute atomic E-state index is 12.4. The number of benzene rings is 1. The molecule has 0 saturated heterocycles. The fourth-order valence-corrected chi connectivity index (χ4v) is 4.59. The number of carbonyl (C=O) groups is 2. The fourth-order valence-electron chi connectivity index (χ4n) is 2.74. The van der Waals surface area contributed by atoms with E-state index in [0.29, 0.717) is 11.7 Å². The van der Waals surface area contributed by atoms with Crippen molar-refractivity contribution in [2.75, 3.05) is 17.7 Å². The predicted molar refractivity (Wildman–Crippen MR) is 112 cm³/mol. The summed E-state index contributed by atoms with van der Waals surface area (Å²) in [5, 5.41) is 4.12. The Labute approximate surface area is 171 Å². The van der Waals surface area contributed by atoms with E-state index in [1.165, 1.54) is 23.1 Å². The smallest absolute Gasteiger partial charge is 0.311 e. The van der Waals surface area contributed by atoms with Crippen molar-refractivity contribution < 1.29 is 14.3 Å². The molecule has 148 valence electrons. The van der Waals surface area contributed by atoms with Gasteiger partial charge in [0.05, 0.1) is 35.5 Å². The number of nitrogens with zero attached hydrogens (tertiary/aromatic N) is 3. The first-order valence-corrected chi connectivity index (χ1v) is 10.8. The number of para-hydroxylation sites is 2. The van der Waals surface area contributed by atoms with E-state index in [9.17, 15) is 9.59 Å². The van der Waals surface area contributed by atoms with Crippen LogP contribution in [0.4, 0.5) is 5.13 Å². The van der Waals surface area contributed by atoms with Gasteiger partial charge in [-0.2, -0.15) is 0 Å². The number of fused-ring (bicyclic) bond motifs is 1. The molecule has 0 aliphatic rings. The average Bonchev–Trinajstić information content (AvgIpc) is 3.19. The van der Waals surface area contributed by atoms with Crippen LogP contribution in [0.1, 0.15) is 24.4 Å². The van der Waals surface area contributed by atoms with Crippen molar-refractivity contribution in [3.05, 3.63) is 34.8 Å². The number of aromatic nitrogens is 3. The highest BCUT2D eigenvalue weighted by molar-refractivity contribution is 7.99. The van der Waals surface area contributed by atoms with Crippen molar-refractivity contribution >= 4 is 51.1 Å². The monoisotopic (exact) mass is 418 g/mol. The highest BCUT2D eigenvalue weighted by Crippen LogP contribution is 2.26. The number of imidazole rings is 1. The zero-order valence-electron chi connectivity index (χ0n) is 16.0. The number of carbonyl (C=O) groups excluding carboxylic acids is 2. The van der Waals surface area contributed by atoms with Crippen molar-refractivity contribution in [2.24, 2.45) is 0 Å². The molecule has 9 heteroatoms. The largest absolute Gasteiger partial charge is 0.466 e. The van der Waals surface area contributed by atoms with Crippen molar-refractivity contribution in [2.45, 2.75) is 38.9 Å². The lowest BCUT2D eigenvalue weighted by Gasteiger charge is -2.05. The molecule has 28 heavy (non-hydrogen) atoms. The Kier molecular flexibility index (Phi) is 6.69. The lowest BCUT2D eigenvalue weighted by molar-refractivity contribution is -0.142. The quantitative estimate of drug-likeness (QED) is 0.444. The van der Waals surface area contributed by atoms with Gasteiger partial charge in [-0.25, -0.2) is 9.97 Å². The lowest BCUT2D eigenvalue weighted by atomic mass is 10.3. The van der Waals surface area contributed by atoms with E-state index >= 15 is 0 Å². The van der Waals surface area contributed by atoms with Gasteiger partial charge in [-0.1, -0.05) is 23.9 Å². The summed E-state index contributed by atoms with van der Waals surface area (Å²) in [5.41, 5.74) is 2.72. The molecule has 2 aromatic heterocycles. The van der Waals surface area contributed by atoms with E-state index in [0.717, 1.165) is 33.3 Å². The first-order valence-electron chi connectivity index (χ1n) is 9.01. The van der Waals surface area contributed by atoms with Crippen LogP contribution in [0, 0.1) is 6.92 Å². The minimum absolute atomic E-state index is 0.156. The Bertz CT molecular complexity index is 996. The molecule has 1 N–H and O–H groups in total. The summed E-state index contributed by atoms with van der Waals surface area (Å²) in [6, 6.07) is 7.93. The van der Waals surface area contributed by atoms with Crippen molar-refractivity contribution in [3.8, 4) is 0 Å². The second-order valence-corrected chi connectivity index (χ2v) is 8.00. The number of aryl methyl sites for hydroxylation is 2. The highest BCUT2D eigenvalue weighted by atomic mass is 32.2. The Hall–Kier alpha value is -2.39. The molecule has 1 aromatic carbocycles. The van der Waals surface area contributed by atoms with E-state index in [4.69, 9.17) is 4.74 Å². The van der Waals surface area contributed by atoms with Crippen LogP contribution in [0.3, 0.4) is 0 Å². The van der Waals surface area contributed by atoms with E-state index in [1.54, 1.807) is 6.92 Å². The molecule has 3 aromatic rings. The average molecular weight is 419 g/mol. The Morgan fingerprint density at radius 3 is 2.79 bits per heavy atom. The topological polar surface area (TPSA) is 86.1 Å². The Morgan fingerprint density at radius 2 is 2.04 bits per heavy atom. The van der Waals surface area contributed by atoms with Gasteiger partial charge in [0.15, 0.2) is 10.3 Å². The maximum Gasteiger partial charge on any atom is 0.311 e. The molecule has 0 aliphatic heterocycles. The third-order valence-electron chi connectivity index (χ3n) is 4.02. The summed E-state index contributed by atoms with van der Waals surface area (Å²) >= 11 is 2.70. The summed E-state index contributed by atoms with van der Waals surface area (Å²) in [4.78, 5) is 33.7. The maximum atomic E-state index is 12.4. The van der Waals surface area contributed by atoms with Crippen molar-refractivity contribution in [1.82, 2.24) is 14.5 Å². The van der Waals surface area contributed by atoms with Crippen molar-refractivity contribution in [3.63, 3.8) is 0 Å². The number of thioether (sulfide) groups is 1. The normalized spacial score (nSPS) is 11.0. The van der Waals surface area contributed by atoms with Crippen LogP contribution in [-0.2, 0) is 27.3 Å². The van der Waals surface area contributed by atoms with Crippen LogP contribution >= 0.6 is 23.1 Å². The molecule has 3 rings (SSSR count). The molecule has 0 aliphatic carbocycles. The van der Waals surface area contributed by atoms with Gasteiger partial charge in [-0.3, -0.25) is 9.59 Å². The second-order valence-electron chi connectivity index (χ2n) is 5.97. The second kappa shape index (κ2) is 9.20. The molecule has 0 bridgehead atoms. The number of anilines is 1. The third-order valence-corrected chi connectivity index (χ3v) is 6.07. The number of ether oxygens (including phenoxy) is 1. The number of amides is 1. The highest BCUT2D eigenvalue weighted by Gasteiger charge is 2.16. The van der Waals surface area contributed by atoms with E-state index in [1.807, 2.05) is 31.2 Å². The van der Waals surface area contributed by atoms with Crippen molar-refractivity contribution in [1.29, 1.82) is 0 Å². The molecular formula is C19H22N4O3S2. The van der Waals surface area contributed by atoms with Gasteiger partial charge in [-0.15, -0.1) is 11.3 Å². The molecule has 2 heterocycles. The van der Waals surface area contributed by atoms with Gasteiger partial charge < -0.3 is 14.6 Å². The first kappa shape index (κ1) is 20.3. The molecule has 0 spiro atoms. The number of hydrogen-bond donors (Lipinski definition) is 1. The number of esters is 1. The van der Waals surface area contributed by atoms with Crippen LogP contribution < -0.4 is 5.32 Å². The molecule has 0 saturated carbocycles. The summed E-state index contributed by atoms with van der Waals surface area (Å²) in [6.45, 7) is 6.78. The zero-order chi connectivity index (χ0) is 20.1. The molecular weight excluding hydrogens is 396 g/mol. The van der Waals surface area contributed by atoms with E-state index < -0.39 is 0 Å². The minimum atomic E-state index is -0.291. The molecule has 7 nitrogen and oxygen atoms in total. The van der Waals surface area contributed by atoms with Gasteiger partial charge in [0.2, 0.25) is 5.91 Å². The number of nitrogens with one attached hydrogen (secondary N) is 1. The Morgan fingerprint density at radius 1 is 1.25 bits per heavy atom. The molecule has 0 fully saturated rings. The molecule has 0 radical (unpaired) electrons. The van der Waals surface area contributed by atoms with Crippen LogP contribution in [0.25, 0.3) is 11.0 Å². The summed E-state index contributed by atoms with van der Waals surface area (Å²) in [6.07, 6.45) is 0.169. The SMILES string of the molecule is CCOC(=O)Cc1sc(NC(=O)CSc2nc3ccccc3n2CC)nc1C. The summed E-state index contributed by atoms with van der Waals surface area (Å²) in [7, 11) is 0.